The van der Waals surface area contributed by atoms with Gasteiger partial charge in [-0.1, -0.05) is 32.9 Å². The summed E-state index contributed by atoms with van der Waals surface area (Å²) in [7, 11) is -0.472. The topological polar surface area (TPSA) is 54.0 Å². The molecule has 1 aliphatic rings. The summed E-state index contributed by atoms with van der Waals surface area (Å²) in [6.45, 7) is 16.4. The number of ether oxygens (including phenoxy) is 3. The van der Waals surface area contributed by atoms with Crippen LogP contribution in [-0.4, -0.2) is 47.0 Å². The molecule has 6 heteroatoms. The molecule has 1 rings (SSSR count). The quantitative estimate of drug-likeness (QED) is 0.270. The summed E-state index contributed by atoms with van der Waals surface area (Å²) in [5, 5.41) is 0.142. The van der Waals surface area contributed by atoms with Crippen molar-refractivity contribution in [1.82, 2.24) is 0 Å². The molecule has 0 aromatic heterocycles. The van der Waals surface area contributed by atoms with Crippen LogP contribution in [0.25, 0.3) is 0 Å². The van der Waals surface area contributed by atoms with E-state index in [1.165, 1.54) is 7.11 Å². The van der Waals surface area contributed by atoms with Crippen LogP contribution in [0.15, 0.2) is 12.2 Å². The van der Waals surface area contributed by atoms with Gasteiger partial charge in [0.2, 0.25) is 0 Å². The molecule has 0 aromatic rings. The van der Waals surface area contributed by atoms with Crippen molar-refractivity contribution in [2.24, 2.45) is 5.41 Å². The molecule has 0 saturated carbocycles. The Morgan fingerprint density at radius 2 is 1.86 bits per heavy atom. The van der Waals surface area contributed by atoms with E-state index in [1.54, 1.807) is 0 Å². The Balaban J connectivity index is 2.68. The SMILES string of the molecule is COC(=O)C(C)(C)C/C=C\CC(COC1CCCCO1)O[Si](C)(C)C(C)(C)C. The monoisotopic (exact) mass is 414 g/mol. The predicted octanol–water partition coefficient (Wildman–Crippen LogP) is 5.46. The van der Waals surface area contributed by atoms with Crippen LogP contribution >= 0.6 is 0 Å². The molecular weight excluding hydrogens is 372 g/mol. The second kappa shape index (κ2) is 10.9. The van der Waals surface area contributed by atoms with E-state index in [9.17, 15) is 4.79 Å². The smallest absolute Gasteiger partial charge is 0.311 e. The first kappa shape index (κ1) is 25.3. The lowest BCUT2D eigenvalue weighted by Crippen LogP contribution is -2.45. The summed E-state index contributed by atoms with van der Waals surface area (Å²) in [5.74, 6) is -0.191. The zero-order valence-corrected chi connectivity index (χ0v) is 20.3. The summed E-state index contributed by atoms with van der Waals surface area (Å²) in [6, 6.07) is 0. The highest BCUT2D eigenvalue weighted by molar-refractivity contribution is 6.74. The maximum atomic E-state index is 11.8. The zero-order valence-electron chi connectivity index (χ0n) is 19.3. The summed E-state index contributed by atoms with van der Waals surface area (Å²) in [5.41, 5.74) is -0.520. The standard InChI is InChI=1S/C22H42O5Si/c1-21(2,3)28(7,8)27-18(17-26-19-14-10-12-16-25-19)13-9-11-15-22(4,5)20(23)24-6/h9,11,18-19H,10,12-17H2,1-8H3/b11-9-. The number of carbonyl (C=O) groups excluding carboxylic acids is 1. The Hall–Kier alpha value is -0.693. The van der Waals surface area contributed by atoms with Gasteiger partial charge in [-0.15, -0.1) is 0 Å². The number of methoxy groups -OCH3 is 1. The van der Waals surface area contributed by atoms with Gasteiger partial charge < -0.3 is 18.6 Å². The van der Waals surface area contributed by atoms with Gasteiger partial charge in [0, 0.05) is 6.61 Å². The Morgan fingerprint density at radius 3 is 2.39 bits per heavy atom. The van der Waals surface area contributed by atoms with Gasteiger partial charge in [-0.2, -0.15) is 0 Å². The Bertz CT molecular complexity index is 502. The number of allylic oxidation sites excluding steroid dienone is 1. The van der Waals surface area contributed by atoms with Gasteiger partial charge in [-0.3, -0.25) is 4.79 Å². The average molecular weight is 415 g/mol. The van der Waals surface area contributed by atoms with Gasteiger partial charge in [0.1, 0.15) is 0 Å². The van der Waals surface area contributed by atoms with E-state index in [1.807, 2.05) is 13.8 Å². The van der Waals surface area contributed by atoms with Crippen LogP contribution in [0, 0.1) is 5.41 Å². The minimum absolute atomic E-state index is 0.0103. The number of rotatable bonds is 10. The lowest BCUT2D eigenvalue weighted by atomic mass is 9.89. The van der Waals surface area contributed by atoms with Crippen LogP contribution < -0.4 is 0 Å². The lowest BCUT2D eigenvalue weighted by Gasteiger charge is -2.39. The summed E-state index contributed by atoms with van der Waals surface area (Å²) in [6.07, 6.45) is 8.66. The number of hydrogen-bond donors (Lipinski definition) is 0. The van der Waals surface area contributed by atoms with Crippen molar-refractivity contribution >= 4 is 14.3 Å². The van der Waals surface area contributed by atoms with Crippen molar-refractivity contribution < 1.29 is 23.4 Å². The maximum absolute atomic E-state index is 11.8. The first-order valence-electron chi connectivity index (χ1n) is 10.5. The largest absolute Gasteiger partial charge is 0.469 e. The fourth-order valence-electron chi connectivity index (χ4n) is 2.79. The predicted molar refractivity (Wildman–Crippen MR) is 116 cm³/mol. The summed E-state index contributed by atoms with van der Waals surface area (Å²) >= 11 is 0. The van der Waals surface area contributed by atoms with Crippen LogP contribution in [0.3, 0.4) is 0 Å². The van der Waals surface area contributed by atoms with Crippen molar-refractivity contribution in [2.45, 2.75) is 97.2 Å². The molecule has 0 amide bonds. The number of carbonyl (C=O) groups is 1. The molecule has 164 valence electrons. The van der Waals surface area contributed by atoms with Gasteiger partial charge in [-0.05, 0) is 64.1 Å². The molecule has 0 radical (unpaired) electrons. The molecule has 1 aliphatic heterocycles. The van der Waals surface area contributed by atoms with E-state index >= 15 is 0 Å². The Labute approximate surface area is 173 Å². The second-order valence-corrected chi connectivity index (χ2v) is 14.7. The molecule has 1 heterocycles. The lowest BCUT2D eigenvalue weighted by molar-refractivity contribution is -0.173. The molecule has 0 aromatic carbocycles. The Kier molecular flexibility index (Phi) is 9.87. The van der Waals surface area contributed by atoms with E-state index in [4.69, 9.17) is 18.6 Å². The van der Waals surface area contributed by atoms with E-state index in [0.717, 1.165) is 32.3 Å². The highest BCUT2D eigenvalue weighted by atomic mass is 28.4. The van der Waals surface area contributed by atoms with Crippen LogP contribution in [0.2, 0.25) is 18.1 Å². The summed E-state index contributed by atoms with van der Waals surface area (Å²) < 4.78 is 23.2. The molecule has 2 atom stereocenters. The molecule has 1 fully saturated rings. The van der Waals surface area contributed by atoms with Crippen molar-refractivity contribution in [3.63, 3.8) is 0 Å². The van der Waals surface area contributed by atoms with E-state index in [2.05, 4.69) is 46.0 Å². The second-order valence-electron chi connectivity index (χ2n) is 9.92. The van der Waals surface area contributed by atoms with E-state index in [-0.39, 0.29) is 23.4 Å². The molecule has 0 N–H and O–H groups in total. The molecule has 0 aliphatic carbocycles. The normalized spacial score (nSPS) is 20.4. The minimum Gasteiger partial charge on any atom is -0.469 e. The van der Waals surface area contributed by atoms with Gasteiger partial charge in [0.15, 0.2) is 14.6 Å². The molecule has 0 bridgehead atoms. The van der Waals surface area contributed by atoms with Crippen molar-refractivity contribution in [1.29, 1.82) is 0 Å². The van der Waals surface area contributed by atoms with Gasteiger partial charge >= 0.3 is 5.97 Å². The molecule has 5 nitrogen and oxygen atoms in total. The van der Waals surface area contributed by atoms with Crippen LogP contribution in [0.5, 0.6) is 0 Å². The molecule has 2 unspecified atom stereocenters. The minimum atomic E-state index is -1.90. The summed E-state index contributed by atoms with van der Waals surface area (Å²) in [4.78, 5) is 11.8. The van der Waals surface area contributed by atoms with Gasteiger partial charge in [-0.25, -0.2) is 0 Å². The molecule has 0 spiro atoms. The number of hydrogen-bond acceptors (Lipinski definition) is 5. The Morgan fingerprint density at radius 1 is 1.18 bits per heavy atom. The fourth-order valence-corrected chi connectivity index (χ4v) is 4.14. The van der Waals surface area contributed by atoms with Crippen LogP contribution in [0.1, 0.15) is 66.7 Å². The van der Waals surface area contributed by atoms with Crippen LogP contribution in [0.4, 0.5) is 0 Å². The molecule has 1 saturated heterocycles. The van der Waals surface area contributed by atoms with Crippen molar-refractivity contribution in [3.05, 3.63) is 12.2 Å². The first-order chi connectivity index (χ1) is 12.9. The van der Waals surface area contributed by atoms with Crippen molar-refractivity contribution in [2.75, 3.05) is 20.3 Å². The maximum Gasteiger partial charge on any atom is 0.311 e. The van der Waals surface area contributed by atoms with Gasteiger partial charge in [0.25, 0.3) is 0 Å². The van der Waals surface area contributed by atoms with Crippen molar-refractivity contribution in [3.8, 4) is 0 Å². The number of esters is 1. The highest BCUT2D eigenvalue weighted by Crippen LogP contribution is 2.37. The third kappa shape index (κ3) is 8.35. The third-order valence-corrected chi connectivity index (χ3v) is 10.3. The van der Waals surface area contributed by atoms with Gasteiger partial charge in [0.05, 0.1) is 25.2 Å². The average Bonchev–Trinajstić information content (AvgIpc) is 2.62. The molecule has 28 heavy (non-hydrogen) atoms. The first-order valence-corrected chi connectivity index (χ1v) is 13.4. The third-order valence-electron chi connectivity index (χ3n) is 5.81. The highest BCUT2D eigenvalue weighted by Gasteiger charge is 2.39. The van der Waals surface area contributed by atoms with E-state index < -0.39 is 13.7 Å². The molecular formula is C22H42O5Si. The zero-order chi connectivity index (χ0) is 21.4. The fraction of sp³-hybridized carbons (Fsp3) is 0.864. The van der Waals surface area contributed by atoms with E-state index in [0.29, 0.717) is 13.0 Å². The van der Waals surface area contributed by atoms with Crippen LogP contribution in [-0.2, 0) is 23.4 Å².